The smallest absolute Gasteiger partial charge is 0.262 e. The highest BCUT2D eigenvalue weighted by Gasteiger charge is 2.19. The van der Waals surface area contributed by atoms with E-state index < -0.39 is 33.2 Å². The van der Waals surface area contributed by atoms with E-state index in [9.17, 15) is 21.6 Å². The molecule has 21 heavy (non-hydrogen) atoms. The van der Waals surface area contributed by atoms with Crippen molar-refractivity contribution in [3.8, 4) is 0 Å². The lowest BCUT2D eigenvalue weighted by Crippen LogP contribution is -2.15. The summed E-state index contributed by atoms with van der Waals surface area (Å²) >= 11 is 0. The van der Waals surface area contributed by atoms with E-state index in [1.807, 2.05) is 4.72 Å². The average molecular weight is 316 g/mol. The van der Waals surface area contributed by atoms with Crippen molar-refractivity contribution in [2.45, 2.75) is 11.4 Å². The fourth-order valence-corrected chi connectivity index (χ4v) is 2.77. The largest absolute Gasteiger partial charge is 0.326 e. The van der Waals surface area contributed by atoms with Crippen molar-refractivity contribution >= 4 is 15.7 Å². The highest BCUT2D eigenvalue weighted by molar-refractivity contribution is 7.92. The fraction of sp³-hybridized carbons (Fsp3) is 0.0769. The van der Waals surface area contributed by atoms with Gasteiger partial charge in [-0.05, 0) is 30.3 Å². The number of nitrogens with two attached hydrogens (primary N) is 1. The number of hydrogen-bond donors (Lipinski definition) is 2. The van der Waals surface area contributed by atoms with Crippen LogP contribution in [0.1, 0.15) is 5.56 Å². The van der Waals surface area contributed by atoms with Crippen LogP contribution in [0.4, 0.5) is 18.9 Å². The quantitative estimate of drug-likeness (QED) is 0.909. The molecule has 0 radical (unpaired) electrons. The molecule has 0 heterocycles. The van der Waals surface area contributed by atoms with Crippen molar-refractivity contribution < 1.29 is 21.6 Å². The van der Waals surface area contributed by atoms with Crippen molar-refractivity contribution in [2.75, 3.05) is 4.72 Å². The second-order valence-electron chi connectivity index (χ2n) is 4.16. The van der Waals surface area contributed by atoms with Crippen LogP contribution in [0.5, 0.6) is 0 Å². The third kappa shape index (κ3) is 3.17. The molecule has 8 heteroatoms. The maximum absolute atomic E-state index is 13.5. The third-order valence-corrected chi connectivity index (χ3v) is 4.11. The Morgan fingerprint density at radius 3 is 2.43 bits per heavy atom. The Morgan fingerprint density at radius 2 is 1.76 bits per heavy atom. The first-order valence-corrected chi connectivity index (χ1v) is 7.29. The molecule has 0 aromatic heterocycles. The predicted octanol–water partition coefficient (Wildman–Crippen LogP) is 2.36. The third-order valence-electron chi connectivity index (χ3n) is 2.74. The van der Waals surface area contributed by atoms with Gasteiger partial charge in [-0.15, -0.1) is 0 Å². The Morgan fingerprint density at radius 1 is 1.05 bits per heavy atom. The van der Waals surface area contributed by atoms with Gasteiger partial charge in [-0.25, -0.2) is 21.6 Å². The maximum Gasteiger partial charge on any atom is 0.262 e. The highest BCUT2D eigenvalue weighted by Crippen LogP contribution is 2.22. The first kappa shape index (κ1) is 15.3. The summed E-state index contributed by atoms with van der Waals surface area (Å²) in [5, 5.41) is 0. The molecule has 112 valence electrons. The number of nitrogens with one attached hydrogen (secondary N) is 1. The molecule has 0 atom stereocenters. The molecule has 0 aliphatic rings. The summed E-state index contributed by atoms with van der Waals surface area (Å²) in [6, 6.07) is 6.08. The molecular weight excluding hydrogens is 305 g/mol. The van der Waals surface area contributed by atoms with E-state index in [-0.39, 0.29) is 17.0 Å². The van der Waals surface area contributed by atoms with Crippen molar-refractivity contribution in [1.82, 2.24) is 0 Å². The lowest BCUT2D eigenvalue weighted by molar-refractivity contribution is 0.511. The molecule has 0 fully saturated rings. The Labute approximate surface area is 119 Å². The van der Waals surface area contributed by atoms with E-state index in [2.05, 4.69) is 0 Å². The molecule has 0 saturated heterocycles. The van der Waals surface area contributed by atoms with E-state index in [0.717, 1.165) is 36.4 Å². The van der Waals surface area contributed by atoms with Crippen LogP contribution in [0.2, 0.25) is 0 Å². The van der Waals surface area contributed by atoms with Crippen LogP contribution in [0.25, 0.3) is 0 Å². The second-order valence-corrected chi connectivity index (χ2v) is 5.85. The van der Waals surface area contributed by atoms with Gasteiger partial charge in [0.15, 0.2) is 11.6 Å². The molecule has 4 nitrogen and oxygen atoms in total. The van der Waals surface area contributed by atoms with Crippen molar-refractivity contribution in [2.24, 2.45) is 5.73 Å². The lowest BCUT2D eigenvalue weighted by Gasteiger charge is -2.10. The van der Waals surface area contributed by atoms with Crippen molar-refractivity contribution in [3.05, 3.63) is 59.4 Å². The minimum atomic E-state index is -4.18. The van der Waals surface area contributed by atoms with Crippen LogP contribution in [-0.4, -0.2) is 8.42 Å². The number of sulfonamides is 1. The number of hydrogen-bond acceptors (Lipinski definition) is 3. The standard InChI is InChI=1S/C13H11F3N2O2S/c14-10-5-4-9(6-8(10)7-17)21(19,20)18-12-3-1-2-11(15)13(12)16/h1-6,18H,7,17H2. The van der Waals surface area contributed by atoms with Crippen LogP contribution >= 0.6 is 0 Å². The molecular formula is C13H11F3N2O2S. The Bertz CT molecular complexity index is 779. The van der Waals surface area contributed by atoms with Crippen LogP contribution in [-0.2, 0) is 16.6 Å². The van der Waals surface area contributed by atoms with E-state index in [1.54, 1.807) is 0 Å². The van der Waals surface area contributed by atoms with Gasteiger partial charge in [0.2, 0.25) is 0 Å². The van der Waals surface area contributed by atoms with Gasteiger partial charge in [-0.3, -0.25) is 4.72 Å². The topological polar surface area (TPSA) is 72.2 Å². The van der Waals surface area contributed by atoms with Crippen LogP contribution in [0, 0.1) is 17.5 Å². The second kappa shape index (κ2) is 5.74. The molecule has 0 amide bonds. The summed E-state index contributed by atoms with van der Waals surface area (Å²) in [5.41, 5.74) is 4.76. The van der Waals surface area contributed by atoms with Gasteiger partial charge < -0.3 is 5.73 Å². The summed E-state index contributed by atoms with van der Waals surface area (Å²) in [6.07, 6.45) is 0. The number of benzene rings is 2. The Balaban J connectivity index is 2.41. The monoisotopic (exact) mass is 316 g/mol. The van der Waals surface area contributed by atoms with Gasteiger partial charge in [0.25, 0.3) is 10.0 Å². The molecule has 0 aliphatic carbocycles. The summed E-state index contributed by atoms with van der Waals surface area (Å²) in [4.78, 5) is -0.298. The van der Waals surface area contributed by atoms with E-state index in [4.69, 9.17) is 5.73 Å². The predicted molar refractivity (Wildman–Crippen MR) is 71.5 cm³/mol. The number of rotatable bonds is 4. The van der Waals surface area contributed by atoms with E-state index in [0.29, 0.717) is 0 Å². The summed E-state index contributed by atoms with van der Waals surface area (Å²) in [6.45, 7) is -0.191. The molecule has 0 bridgehead atoms. The molecule has 0 aliphatic heterocycles. The van der Waals surface area contributed by atoms with Gasteiger partial charge in [0.05, 0.1) is 10.6 Å². The zero-order valence-corrected chi connectivity index (χ0v) is 11.4. The lowest BCUT2D eigenvalue weighted by atomic mass is 10.2. The summed E-state index contributed by atoms with van der Waals surface area (Å²) < 4.78 is 65.9. The fourth-order valence-electron chi connectivity index (χ4n) is 1.66. The first-order chi connectivity index (χ1) is 9.85. The van der Waals surface area contributed by atoms with E-state index >= 15 is 0 Å². The molecule has 2 rings (SSSR count). The van der Waals surface area contributed by atoms with Crippen molar-refractivity contribution in [1.29, 1.82) is 0 Å². The molecule has 0 spiro atoms. The van der Waals surface area contributed by atoms with Gasteiger partial charge in [0.1, 0.15) is 5.82 Å². The molecule has 0 saturated carbocycles. The summed E-state index contributed by atoms with van der Waals surface area (Å²) in [5.74, 6) is -3.15. The molecule has 0 unspecified atom stereocenters. The van der Waals surface area contributed by atoms with Gasteiger partial charge >= 0.3 is 0 Å². The molecule has 3 N–H and O–H groups in total. The minimum Gasteiger partial charge on any atom is -0.326 e. The highest BCUT2D eigenvalue weighted by atomic mass is 32.2. The Hall–Kier alpha value is -2.06. The van der Waals surface area contributed by atoms with E-state index in [1.165, 1.54) is 0 Å². The maximum atomic E-state index is 13.5. The Kier molecular flexibility index (Phi) is 4.19. The zero-order valence-electron chi connectivity index (χ0n) is 10.6. The molecule has 2 aromatic rings. The SMILES string of the molecule is NCc1cc(S(=O)(=O)Nc2cccc(F)c2F)ccc1F. The first-order valence-electron chi connectivity index (χ1n) is 5.80. The van der Waals surface area contributed by atoms with Gasteiger partial charge in [-0.2, -0.15) is 0 Å². The number of halogens is 3. The number of anilines is 1. The van der Waals surface area contributed by atoms with Gasteiger partial charge in [0, 0.05) is 12.1 Å². The summed E-state index contributed by atoms with van der Waals surface area (Å²) in [7, 11) is -4.18. The van der Waals surface area contributed by atoms with Crippen LogP contribution < -0.4 is 10.5 Å². The minimum absolute atomic E-state index is 0.00223. The zero-order chi connectivity index (χ0) is 15.6. The van der Waals surface area contributed by atoms with Gasteiger partial charge in [-0.1, -0.05) is 6.07 Å². The average Bonchev–Trinajstić information content (AvgIpc) is 2.44. The van der Waals surface area contributed by atoms with Crippen molar-refractivity contribution in [3.63, 3.8) is 0 Å². The normalized spacial score (nSPS) is 11.4. The van der Waals surface area contributed by atoms with Crippen LogP contribution in [0.15, 0.2) is 41.3 Å². The van der Waals surface area contributed by atoms with Crippen LogP contribution in [0.3, 0.4) is 0 Å². The molecule has 2 aromatic carbocycles.